The van der Waals surface area contributed by atoms with Crippen LogP contribution in [0.25, 0.3) is 0 Å². The summed E-state index contributed by atoms with van der Waals surface area (Å²) in [6, 6.07) is 5.22. The summed E-state index contributed by atoms with van der Waals surface area (Å²) in [5, 5.41) is 7.48. The second-order valence-corrected chi connectivity index (χ2v) is 5.08. The van der Waals surface area contributed by atoms with Crippen LogP contribution in [-0.4, -0.2) is 20.4 Å². The van der Waals surface area contributed by atoms with E-state index in [1.54, 1.807) is 13.0 Å². The molecule has 0 spiro atoms. The lowest BCUT2D eigenvalue weighted by Crippen LogP contribution is -2.35. The molecular weight excluding hydrogens is 242 g/mol. The highest BCUT2D eigenvalue weighted by molar-refractivity contribution is 7.89. The van der Waals surface area contributed by atoms with Gasteiger partial charge in [-0.1, -0.05) is 19.1 Å². The van der Waals surface area contributed by atoms with Crippen LogP contribution in [-0.2, 0) is 14.8 Å². The Hall–Kier alpha value is -1.44. The summed E-state index contributed by atoms with van der Waals surface area (Å²) >= 11 is 0. The van der Waals surface area contributed by atoms with Gasteiger partial charge < -0.3 is 11.1 Å². The third kappa shape index (κ3) is 3.52. The fourth-order valence-electron chi connectivity index (χ4n) is 1.23. The molecule has 1 atom stereocenters. The molecule has 1 amide bonds. The van der Waals surface area contributed by atoms with Crippen molar-refractivity contribution in [3.8, 4) is 0 Å². The van der Waals surface area contributed by atoms with Gasteiger partial charge in [0.25, 0.3) is 0 Å². The number of rotatable bonds is 4. The molecule has 0 radical (unpaired) electrons. The zero-order valence-electron chi connectivity index (χ0n) is 9.38. The van der Waals surface area contributed by atoms with Crippen molar-refractivity contribution in [2.24, 2.45) is 10.9 Å². The first-order valence-corrected chi connectivity index (χ1v) is 6.59. The topological polar surface area (TPSA) is 115 Å². The number of para-hydroxylation sites is 1. The Balaban J connectivity index is 3.04. The van der Waals surface area contributed by atoms with Crippen LogP contribution in [0.4, 0.5) is 5.69 Å². The van der Waals surface area contributed by atoms with Crippen molar-refractivity contribution in [1.82, 2.24) is 0 Å². The Morgan fingerprint density at radius 2 is 2.00 bits per heavy atom. The minimum absolute atomic E-state index is 0.128. The smallest absolute Gasteiger partial charge is 0.241 e. The van der Waals surface area contributed by atoms with E-state index in [1.807, 2.05) is 0 Å². The molecule has 5 N–H and O–H groups in total. The molecule has 0 unspecified atom stereocenters. The average Bonchev–Trinajstić information content (AvgIpc) is 2.27. The first-order valence-electron chi connectivity index (χ1n) is 5.04. The molecule has 0 aromatic heterocycles. The lowest BCUT2D eigenvalue weighted by molar-refractivity contribution is -0.117. The van der Waals surface area contributed by atoms with Crippen LogP contribution < -0.4 is 16.2 Å². The quantitative estimate of drug-likeness (QED) is 0.704. The molecule has 1 rings (SSSR count). The zero-order chi connectivity index (χ0) is 13.1. The number of carbonyl (C=O) groups is 1. The molecule has 94 valence electrons. The van der Waals surface area contributed by atoms with Gasteiger partial charge in [-0.2, -0.15) is 0 Å². The largest absolute Gasteiger partial charge is 0.324 e. The van der Waals surface area contributed by atoms with Gasteiger partial charge in [-0.15, -0.1) is 0 Å². The highest BCUT2D eigenvalue weighted by Gasteiger charge is 2.17. The van der Waals surface area contributed by atoms with Gasteiger partial charge in [0.1, 0.15) is 4.90 Å². The molecule has 0 fully saturated rings. The third-order valence-corrected chi connectivity index (χ3v) is 3.20. The van der Waals surface area contributed by atoms with E-state index >= 15 is 0 Å². The molecule has 0 bridgehead atoms. The van der Waals surface area contributed by atoms with Crippen molar-refractivity contribution < 1.29 is 13.2 Å². The van der Waals surface area contributed by atoms with Gasteiger partial charge in [0.15, 0.2) is 0 Å². The van der Waals surface area contributed by atoms with Crippen LogP contribution in [0.2, 0.25) is 0 Å². The predicted molar refractivity (Wildman–Crippen MR) is 64.7 cm³/mol. The molecule has 17 heavy (non-hydrogen) atoms. The van der Waals surface area contributed by atoms with E-state index in [2.05, 4.69) is 5.32 Å². The molecule has 0 saturated carbocycles. The standard InChI is InChI=1S/C10H15N3O3S/c1-2-7(11)10(14)13-8-5-3-4-6-9(8)17(12,15)16/h3-7H,2,11H2,1H3,(H,13,14)(H2,12,15,16)/t7-/m0/s1. The minimum atomic E-state index is -3.87. The van der Waals surface area contributed by atoms with Gasteiger partial charge in [-0.05, 0) is 18.6 Å². The SMILES string of the molecule is CC[C@H](N)C(=O)Nc1ccccc1S(N)(=O)=O. The number of carbonyl (C=O) groups excluding carboxylic acids is 1. The van der Waals surface area contributed by atoms with Crippen LogP contribution in [0, 0.1) is 0 Å². The lowest BCUT2D eigenvalue weighted by atomic mass is 10.2. The molecular formula is C10H15N3O3S. The number of nitrogens with one attached hydrogen (secondary N) is 1. The van der Waals surface area contributed by atoms with Crippen molar-refractivity contribution in [2.75, 3.05) is 5.32 Å². The second-order valence-electron chi connectivity index (χ2n) is 3.55. The van der Waals surface area contributed by atoms with E-state index < -0.39 is 22.0 Å². The maximum Gasteiger partial charge on any atom is 0.241 e. The first kappa shape index (κ1) is 13.6. The van der Waals surface area contributed by atoms with Crippen molar-refractivity contribution in [1.29, 1.82) is 0 Å². The number of hydrogen-bond donors (Lipinski definition) is 3. The number of sulfonamides is 1. The van der Waals surface area contributed by atoms with E-state index in [4.69, 9.17) is 10.9 Å². The summed E-state index contributed by atoms with van der Waals surface area (Å²) in [6.45, 7) is 1.76. The molecule has 0 aliphatic rings. The number of primary sulfonamides is 1. The zero-order valence-corrected chi connectivity index (χ0v) is 10.2. The predicted octanol–water partition coefficient (Wildman–Crippen LogP) is 0.00980. The summed E-state index contributed by atoms with van der Waals surface area (Å²) in [5.74, 6) is -0.441. The maximum absolute atomic E-state index is 11.6. The summed E-state index contributed by atoms with van der Waals surface area (Å²) in [4.78, 5) is 11.4. The first-order chi connectivity index (χ1) is 7.86. The van der Waals surface area contributed by atoms with Crippen LogP contribution >= 0.6 is 0 Å². The fraction of sp³-hybridized carbons (Fsp3) is 0.300. The van der Waals surface area contributed by atoms with Crippen molar-refractivity contribution in [3.05, 3.63) is 24.3 Å². The molecule has 1 aromatic rings. The van der Waals surface area contributed by atoms with Crippen LogP contribution in [0.15, 0.2) is 29.2 Å². The highest BCUT2D eigenvalue weighted by atomic mass is 32.2. The normalized spacial score (nSPS) is 13.1. The van der Waals surface area contributed by atoms with E-state index in [9.17, 15) is 13.2 Å². The summed E-state index contributed by atoms with van der Waals surface area (Å²) < 4.78 is 22.5. The molecule has 7 heteroatoms. The minimum Gasteiger partial charge on any atom is -0.324 e. The van der Waals surface area contributed by atoms with Crippen LogP contribution in [0.3, 0.4) is 0 Å². The Kier molecular flexibility index (Phi) is 4.22. The Morgan fingerprint density at radius 3 is 2.53 bits per heavy atom. The van der Waals surface area contributed by atoms with Gasteiger partial charge >= 0.3 is 0 Å². The van der Waals surface area contributed by atoms with Crippen LogP contribution in [0.1, 0.15) is 13.3 Å². The van der Waals surface area contributed by atoms with Gasteiger partial charge in [0, 0.05) is 0 Å². The number of hydrogen-bond acceptors (Lipinski definition) is 4. The maximum atomic E-state index is 11.6. The number of anilines is 1. The fourth-order valence-corrected chi connectivity index (χ4v) is 1.92. The Labute approximate surface area is 100 Å². The molecule has 1 aromatic carbocycles. The third-order valence-electron chi connectivity index (χ3n) is 2.23. The van der Waals surface area contributed by atoms with Gasteiger partial charge in [-0.3, -0.25) is 4.79 Å². The summed E-state index contributed by atoms with van der Waals surface area (Å²) in [7, 11) is -3.87. The molecule has 0 aliphatic carbocycles. The molecule has 0 aliphatic heterocycles. The molecule has 0 saturated heterocycles. The average molecular weight is 257 g/mol. The summed E-state index contributed by atoms with van der Waals surface area (Å²) in [6.07, 6.45) is 0.462. The summed E-state index contributed by atoms with van der Waals surface area (Å²) in [5.41, 5.74) is 5.67. The van der Waals surface area contributed by atoms with Crippen molar-refractivity contribution in [3.63, 3.8) is 0 Å². The van der Waals surface area contributed by atoms with Crippen molar-refractivity contribution >= 4 is 21.6 Å². The number of nitrogens with two attached hydrogens (primary N) is 2. The van der Waals surface area contributed by atoms with E-state index in [0.717, 1.165) is 0 Å². The lowest BCUT2D eigenvalue weighted by Gasteiger charge is -2.12. The Bertz CT molecular complexity index is 513. The van der Waals surface area contributed by atoms with E-state index in [1.165, 1.54) is 18.2 Å². The van der Waals surface area contributed by atoms with Gasteiger partial charge in [-0.25, -0.2) is 13.6 Å². The molecule has 0 heterocycles. The van der Waals surface area contributed by atoms with Gasteiger partial charge in [0.05, 0.1) is 11.7 Å². The van der Waals surface area contributed by atoms with Crippen molar-refractivity contribution in [2.45, 2.75) is 24.3 Å². The van der Waals surface area contributed by atoms with Crippen LogP contribution in [0.5, 0.6) is 0 Å². The van der Waals surface area contributed by atoms with E-state index in [-0.39, 0.29) is 10.6 Å². The number of amides is 1. The monoisotopic (exact) mass is 257 g/mol. The highest BCUT2D eigenvalue weighted by Crippen LogP contribution is 2.19. The Morgan fingerprint density at radius 1 is 1.41 bits per heavy atom. The van der Waals surface area contributed by atoms with E-state index in [0.29, 0.717) is 6.42 Å². The molecule has 6 nitrogen and oxygen atoms in total. The second kappa shape index (κ2) is 5.26. The van der Waals surface area contributed by atoms with Gasteiger partial charge in [0.2, 0.25) is 15.9 Å². The number of benzene rings is 1.